The van der Waals surface area contributed by atoms with Gasteiger partial charge >= 0.3 is 0 Å². The SMILES string of the molecule is CC(C)Oc1cc(N2CCC(C)C(O)C2)cc([N+](=O)[O-])c1. The van der Waals surface area contributed by atoms with Gasteiger partial charge in [0.2, 0.25) is 0 Å². The van der Waals surface area contributed by atoms with Gasteiger partial charge in [-0.05, 0) is 26.2 Å². The fourth-order valence-electron chi connectivity index (χ4n) is 2.48. The molecule has 1 aliphatic rings. The van der Waals surface area contributed by atoms with Crippen LogP contribution in [-0.4, -0.2) is 35.3 Å². The molecule has 0 aromatic heterocycles. The molecular formula is C15H22N2O4. The van der Waals surface area contributed by atoms with Crippen molar-refractivity contribution in [1.82, 2.24) is 0 Å². The highest BCUT2D eigenvalue weighted by Gasteiger charge is 2.25. The molecule has 1 fully saturated rings. The van der Waals surface area contributed by atoms with Crippen LogP contribution in [0.4, 0.5) is 11.4 Å². The lowest BCUT2D eigenvalue weighted by Crippen LogP contribution is -2.42. The number of non-ortho nitro benzene ring substituents is 1. The summed E-state index contributed by atoms with van der Waals surface area (Å²) in [5.74, 6) is 0.744. The molecule has 0 bridgehead atoms. The summed E-state index contributed by atoms with van der Waals surface area (Å²) >= 11 is 0. The Balaban J connectivity index is 2.29. The largest absolute Gasteiger partial charge is 0.491 e. The minimum Gasteiger partial charge on any atom is -0.491 e. The Morgan fingerprint density at radius 1 is 1.43 bits per heavy atom. The number of ether oxygens (including phenoxy) is 1. The number of hydrogen-bond donors (Lipinski definition) is 1. The molecule has 116 valence electrons. The number of nitrogens with zero attached hydrogens (tertiary/aromatic N) is 2. The van der Waals surface area contributed by atoms with Gasteiger partial charge in [-0.2, -0.15) is 0 Å². The second-order valence-electron chi connectivity index (χ2n) is 5.89. The Hall–Kier alpha value is -1.82. The van der Waals surface area contributed by atoms with Gasteiger partial charge in [0.25, 0.3) is 5.69 Å². The molecule has 1 heterocycles. The van der Waals surface area contributed by atoms with Crippen molar-refractivity contribution in [2.45, 2.75) is 39.4 Å². The van der Waals surface area contributed by atoms with Crippen molar-refractivity contribution in [1.29, 1.82) is 0 Å². The third-order valence-corrected chi connectivity index (χ3v) is 3.74. The van der Waals surface area contributed by atoms with E-state index in [0.29, 0.717) is 12.3 Å². The smallest absolute Gasteiger partial charge is 0.275 e. The summed E-state index contributed by atoms with van der Waals surface area (Å²) < 4.78 is 5.59. The zero-order chi connectivity index (χ0) is 15.6. The molecule has 21 heavy (non-hydrogen) atoms. The fraction of sp³-hybridized carbons (Fsp3) is 0.600. The summed E-state index contributed by atoms with van der Waals surface area (Å²) in [6, 6.07) is 4.78. The monoisotopic (exact) mass is 294 g/mol. The quantitative estimate of drug-likeness (QED) is 0.682. The average Bonchev–Trinajstić information content (AvgIpc) is 2.40. The van der Waals surface area contributed by atoms with Gasteiger partial charge in [0.1, 0.15) is 5.75 Å². The molecule has 2 atom stereocenters. The fourth-order valence-corrected chi connectivity index (χ4v) is 2.48. The van der Waals surface area contributed by atoms with Gasteiger partial charge in [-0.15, -0.1) is 0 Å². The molecule has 0 aliphatic carbocycles. The predicted octanol–water partition coefficient (Wildman–Crippen LogP) is 2.59. The van der Waals surface area contributed by atoms with Gasteiger partial charge in [-0.3, -0.25) is 10.1 Å². The Morgan fingerprint density at radius 2 is 2.14 bits per heavy atom. The number of anilines is 1. The van der Waals surface area contributed by atoms with Crippen LogP contribution in [0.15, 0.2) is 18.2 Å². The zero-order valence-electron chi connectivity index (χ0n) is 12.7. The summed E-state index contributed by atoms with van der Waals surface area (Å²) in [5, 5.41) is 21.1. The molecule has 1 aliphatic heterocycles. The Kier molecular flexibility index (Phi) is 4.67. The Morgan fingerprint density at radius 3 is 2.71 bits per heavy atom. The number of nitro benzene ring substituents is 1. The van der Waals surface area contributed by atoms with Crippen molar-refractivity contribution >= 4 is 11.4 Å². The first-order chi connectivity index (χ1) is 9.86. The highest BCUT2D eigenvalue weighted by molar-refractivity contribution is 5.58. The summed E-state index contributed by atoms with van der Waals surface area (Å²) in [4.78, 5) is 12.6. The average molecular weight is 294 g/mol. The molecule has 6 heteroatoms. The molecule has 0 saturated carbocycles. The number of piperidine rings is 1. The maximum absolute atomic E-state index is 11.1. The van der Waals surface area contributed by atoms with Gasteiger partial charge in [0, 0.05) is 30.9 Å². The minimum absolute atomic E-state index is 0.0104. The van der Waals surface area contributed by atoms with Crippen LogP contribution < -0.4 is 9.64 Å². The van der Waals surface area contributed by atoms with Crippen LogP contribution in [0.2, 0.25) is 0 Å². The highest BCUT2D eigenvalue weighted by atomic mass is 16.6. The second-order valence-corrected chi connectivity index (χ2v) is 5.89. The van der Waals surface area contributed by atoms with Gasteiger partial charge < -0.3 is 14.7 Å². The van der Waals surface area contributed by atoms with E-state index in [0.717, 1.165) is 18.7 Å². The number of aliphatic hydroxyl groups is 1. The van der Waals surface area contributed by atoms with Crippen molar-refractivity contribution in [3.05, 3.63) is 28.3 Å². The third-order valence-electron chi connectivity index (χ3n) is 3.74. The van der Waals surface area contributed by atoms with Crippen molar-refractivity contribution in [2.24, 2.45) is 5.92 Å². The maximum Gasteiger partial charge on any atom is 0.275 e. The molecule has 0 amide bonds. The van der Waals surface area contributed by atoms with Crippen molar-refractivity contribution in [3.8, 4) is 5.75 Å². The third kappa shape index (κ3) is 3.85. The van der Waals surface area contributed by atoms with E-state index in [4.69, 9.17) is 4.74 Å². The molecule has 2 rings (SSSR count). The molecule has 0 spiro atoms. The van der Waals surface area contributed by atoms with E-state index >= 15 is 0 Å². The molecule has 0 radical (unpaired) electrons. The van der Waals surface area contributed by atoms with Crippen LogP contribution >= 0.6 is 0 Å². The van der Waals surface area contributed by atoms with E-state index in [1.54, 1.807) is 6.07 Å². The molecule has 1 saturated heterocycles. The van der Waals surface area contributed by atoms with E-state index < -0.39 is 11.0 Å². The van der Waals surface area contributed by atoms with Gasteiger partial charge in [0.05, 0.1) is 23.2 Å². The van der Waals surface area contributed by atoms with Crippen LogP contribution in [0, 0.1) is 16.0 Å². The molecule has 1 N–H and O–H groups in total. The van der Waals surface area contributed by atoms with Crippen molar-refractivity contribution in [2.75, 3.05) is 18.0 Å². The maximum atomic E-state index is 11.1. The van der Waals surface area contributed by atoms with E-state index in [1.165, 1.54) is 12.1 Å². The van der Waals surface area contributed by atoms with Crippen LogP contribution in [0.25, 0.3) is 0 Å². The highest BCUT2D eigenvalue weighted by Crippen LogP contribution is 2.31. The van der Waals surface area contributed by atoms with Gasteiger partial charge in [0.15, 0.2) is 0 Å². The number of benzene rings is 1. The van der Waals surface area contributed by atoms with Gasteiger partial charge in [-0.1, -0.05) is 6.92 Å². The zero-order valence-corrected chi connectivity index (χ0v) is 12.7. The predicted molar refractivity (Wildman–Crippen MR) is 80.9 cm³/mol. The lowest BCUT2D eigenvalue weighted by Gasteiger charge is -2.35. The van der Waals surface area contributed by atoms with Crippen molar-refractivity contribution < 1.29 is 14.8 Å². The van der Waals surface area contributed by atoms with Crippen LogP contribution in [-0.2, 0) is 0 Å². The lowest BCUT2D eigenvalue weighted by molar-refractivity contribution is -0.384. The molecule has 6 nitrogen and oxygen atoms in total. The number of rotatable bonds is 4. The minimum atomic E-state index is -0.417. The standard InChI is InChI=1S/C15H22N2O4/c1-10(2)21-14-7-12(6-13(8-14)17(19)20)16-5-4-11(3)15(18)9-16/h6-8,10-11,15,18H,4-5,9H2,1-3H3. The molecular weight excluding hydrogens is 272 g/mol. The van der Waals surface area contributed by atoms with E-state index in [1.807, 2.05) is 25.7 Å². The molecule has 2 unspecified atom stereocenters. The van der Waals surface area contributed by atoms with E-state index in [9.17, 15) is 15.2 Å². The van der Waals surface area contributed by atoms with E-state index in [2.05, 4.69) is 0 Å². The summed E-state index contributed by atoms with van der Waals surface area (Å²) in [7, 11) is 0. The topological polar surface area (TPSA) is 75.8 Å². The Labute approximate surface area is 124 Å². The number of β-amino-alcohol motifs (C(OH)–C–C–N with tert-alkyl or cyclic N) is 1. The van der Waals surface area contributed by atoms with Gasteiger partial charge in [-0.25, -0.2) is 0 Å². The normalized spacial score (nSPS) is 22.4. The van der Waals surface area contributed by atoms with Crippen molar-refractivity contribution in [3.63, 3.8) is 0 Å². The molecule has 1 aromatic rings. The Bertz CT molecular complexity index is 518. The van der Waals surface area contributed by atoms with E-state index in [-0.39, 0.29) is 17.7 Å². The summed E-state index contributed by atoms with van der Waals surface area (Å²) in [6.45, 7) is 7.04. The first kappa shape index (κ1) is 15.6. The number of hydrogen-bond acceptors (Lipinski definition) is 5. The van der Waals surface area contributed by atoms with Crippen LogP contribution in [0.3, 0.4) is 0 Å². The summed E-state index contributed by atoms with van der Waals surface area (Å²) in [6.07, 6.45) is 0.406. The number of nitro groups is 1. The number of aliphatic hydroxyl groups excluding tert-OH is 1. The second kappa shape index (κ2) is 6.30. The van der Waals surface area contributed by atoms with Crippen LogP contribution in [0.1, 0.15) is 27.2 Å². The first-order valence-corrected chi connectivity index (χ1v) is 7.26. The first-order valence-electron chi connectivity index (χ1n) is 7.26. The van der Waals surface area contributed by atoms with Crippen LogP contribution in [0.5, 0.6) is 5.75 Å². The molecule has 1 aromatic carbocycles. The summed E-state index contributed by atoms with van der Waals surface area (Å²) in [5.41, 5.74) is 0.738. The lowest BCUT2D eigenvalue weighted by atomic mass is 9.95.